The molecular weight excluding hydrogens is 320 g/mol. The van der Waals surface area contributed by atoms with Gasteiger partial charge in [0.2, 0.25) is 0 Å². The first-order chi connectivity index (χ1) is 11.0. The molecule has 0 amide bonds. The lowest BCUT2D eigenvalue weighted by atomic mass is 10.1. The van der Waals surface area contributed by atoms with E-state index in [4.69, 9.17) is 26.8 Å². The van der Waals surface area contributed by atoms with Gasteiger partial charge in [-0.1, -0.05) is 0 Å². The number of methoxy groups -OCH3 is 2. The summed E-state index contributed by atoms with van der Waals surface area (Å²) in [4.78, 5) is 25.1. The van der Waals surface area contributed by atoms with Crippen LogP contribution in [0.25, 0.3) is 11.3 Å². The lowest BCUT2D eigenvalue weighted by Gasteiger charge is -2.16. The van der Waals surface area contributed by atoms with Gasteiger partial charge in [0.1, 0.15) is 11.5 Å². The zero-order valence-corrected chi connectivity index (χ0v) is 13.5. The second-order valence-corrected chi connectivity index (χ2v) is 5.07. The van der Waals surface area contributed by atoms with E-state index in [1.54, 1.807) is 22.8 Å². The van der Waals surface area contributed by atoms with Crippen LogP contribution in [0.15, 0.2) is 29.1 Å². The third-order valence-corrected chi connectivity index (χ3v) is 3.59. The molecular formula is C15H16N2O5S. The van der Waals surface area contributed by atoms with Gasteiger partial charge in [-0.05, 0) is 24.4 Å². The first-order valence-electron chi connectivity index (χ1n) is 6.74. The van der Waals surface area contributed by atoms with E-state index in [0.29, 0.717) is 22.8 Å². The van der Waals surface area contributed by atoms with Crippen LogP contribution in [0.1, 0.15) is 6.42 Å². The minimum atomic E-state index is -0.953. The Morgan fingerprint density at radius 1 is 1.30 bits per heavy atom. The van der Waals surface area contributed by atoms with Crippen molar-refractivity contribution in [1.82, 2.24) is 9.55 Å². The van der Waals surface area contributed by atoms with E-state index in [0.717, 1.165) is 0 Å². The molecule has 2 aromatic rings. The lowest BCUT2D eigenvalue weighted by molar-refractivity contribution is -0.137. The molecule has 0 bridgehead atoms. The van der Waals surface area contributed by atoms with Crippen LogP contribution in [-0.2, 0) is 11.3 Å². The van der Waals surface area contributed by atoms with Crippen LogP contribution < -0.4 is 15.0 Å². The van der Waals surface area contributed by atoms with Crippen molar-refractivity contribution in [3.63, 3.8) is 0 Å². The molecule has 1 heterocycles. The highest BCUT2D eigenvalue weighted by Crippen LogP contribution is 2.32. The predicted molar refractivity (Wildman–Crippen MR) is 86.7 cm³/mol. The number of aromatic nitrogens is 2. The van der Waals surface area contributed by atoms with Crippen molar-refractivity contribution in [2.45, 2.75) is 13.0 Å². The first kappa shape index (κ1) is 16.8. The van der Waals surface area contributed by atoms with Gasteiger partial charge in [-0.2, -0.15) is 0 Å². The van der Waals surface area contributed by atoms with Crippen molar-refractivity contribution in [3.8, 4) is 22.8 Å². The highest BCUT2D eigenvalue weighted by atomic mass is 32.1. The number of carbonyl (C=O) groups is 1. The van der Waals surface area contributed by atoms with Crippen LogP contribution >= 0.6 is 12.2 Å². The third-order valence-electron chi connectivity index (χ3n) is 3.27. The number of carboxylic acid groups (broad SMARTS) is 1. The molecule has 7 nitrogen and oxygen atoms in total. The molecule has 8 heteroatoms. The quantitative estimate of drug-likeness (QED) is 0.784. The van der Waals surface area contributed by atoms with Gasteiger partial charge in [0, 0.05) is 24.2 Å². The van der Waals surface area contributed by atoms with Crippen LogP contribution in [0, 0.1) is 4.77 Å². The summed E-state index contributed by atoms with van der Waals surface area (Å²) in [5, 5.41) is 8.89. The third kappa shape index (κ3) is 3.78. The molecule has 1 aromatic carbocycles. The monoisotopic (exact) mass is 336 g/mol. The summed E-state index contributed by atoms with van der Waals surface area (Å²) in [5.41, 5.74) is 0.741. The second-order valence-electron chi connectivity index (χ2n) is 4.69. The number of rotatable bonds is 6. The highest BCUT2D eigenvalue weighted by molar-refractivity contribution is 7.71. The van der Waals surface area contributed by atoms with E-state index >= 15 is 0 Å². The molecule has 122 valence electrons. The number of nitrogens with one attached hydrogen (secondary N) is 1. The van der Waals surface area contributed by atoms with E-state index in [-0.39, 0.29) is 23.3 Å². The molecule has 2 N–H and O–H groups in total. The molecule has 0 fully saturated rings. The molecule has 0 spiro atoms. The maximum atomic E-state index is 11.8. The van der Waals surface area contributed by atoms with Crippen molar-refractivity contribution in [1.29, 1.82) is 0 Å². The van der Waals surface area contributed by atoms with E-state index in [1.165, 1.54) is 20.3 Å². The first-order valence-corrected chi connectivity index (χ1v) is 7.15. The standard InChI is InChI=1S/C15H16N2O5S/c1-21-9-3-4-10(12(7-9)22-2)11-8-13(18)16-15(23)17(11)6-5-14(19)20/h3-4,7-8H,5-6H2,1-2H3,(H,19,20)(H,16,18,23). The van der Waals surface area contributed by atoms with Gasteiger partial charge in [0.15, 0.2) is 4.77 Å². The molecule has 0 radical (unpaired) electrons. The number of carboxylic acids is 1. The average molecular weight is 336 g/mol. The Hall–Kier alpha value is -2.61. The predicted octanol–water partition coefficient (Wildman–Crippen LogP) is 2.06. The SMILES string of the molecule is COc1ccc(-c2cc(=O)[nH]c(=S)n2CCC(=O)O)c(OC)c1. The van der Waals surface area contributed by atoms with Crippen LogP contribution in [0.5, 0.6) is 11.5 Å². The fourth-order valence-corrected chi connectivity index (χ4v) is 2.47. The zero-order valence-electron chi connectivity index (χ0n) is 12.7. The highest BCUT2D eigenvalue weighted by Gasteiger charge is 2.13. The molecule has 0 atom stereocenters. The Morgan fingerprint density at radius 2 is 2.04 bits per heavy atom. The summed E-state index contributed by atoms with van der Waals surface area (Å²) in [6.07, 6.45) is -0.119. The molecule has 0 saturated heterocycles. The molecule has 2 rings (SSSR count). The Labute approximate surface area is 137 Å². The molecule has 0 aliphatic rings. The fraction of sp³-hybridized carbons (Fsp3) is 0.267. The van der Waals surface area contributed by atoms with Gasteiger partial charge in [0.05, 0.1) is 26.3 Å². The van der Waals surface area contributed by atoms with E-state index in [1.807, 2.05) is 0 Å². The van der Waals surface area contributed by atoms with Crippen molar-refractivity contribution in [3.05, 3.63) is 39.4 Å². The van der Waals surface area contributed by atoms with Crippen LogP contribution in [-0.4, -0.2) is 34.8 Å². The maximum Gasteiger partial charge on any atom is 0.305 e. The number of ether oxygens (including phenoxy) is 2. The maximum absolute atomic E-state index is 11.8. The molecule has 23 heavy (non-hydrogen) atoms. The minimum absolute atomic E-state index is 0.119. The van der Waals surface area contributed by atoms with E-state index in [9.17, 15) is 9.59 Å². The van der Waals surface area contributed by atoms with Gasteiger partial charge in [-0.25, -0.2) is 0 Å². The normalized spacial score (nSPS) is 10.3. The van der Waals surface area contributed by atoms with Gasteiger partial charge in [0.25, 0.3) is 5.56 Å². The number of aliphatic carboxylic acids is 1. The molecule has 0 saturated carbocycles. The van der Waals surface area contributed by atoms with Crippen molar-refractivity contribution in [2.75, 3.05) is 14.2 Å². The van der Waals surface area contributed by atoms with Crippen molar-refractivity contribution >= 4 is 18.2 Å². The summed E-state index contributed by atoms with van der Waals surface area (Å²) in [5.74, 6) is 0.144. The number of H-pyrrole nitrogens is 1. The summed E-state index contributed by atoms with van der Waals surface area (Å²) in [6.45, 7) is 0.134. The average Bonchev–Trinajstić information content (AvgIpc) is 2.52. The van der Waals surface area contributed by atoms with Gasteiger partial charge < -0.3 is 19.1 Å². The lowest BCUT2D eigenvalue weighted by Crippen LogP contribution is -2.16. The Morgan fingerprint density at radius 3 is 2.65 bits per heavy atom. The summed E-state index contributed by atoms with van der Waals surface area (Å²) in [6, 6.07) is 6.51. The molecule has 0 unspecified atom stereocenters. The fourth-order valence-electron chi connectivity index (χ4n) is 2.18. The van der Waals surface area contributed by atoms with E-state index < -0.39 is 5.97 Å². The molecule has 0 aliphatic carbocycles. The van der Waals surface area contributed by atoms with Crippen molar-refractivity contribution in [2.24, 2.45) is 0 Å². The number of hydrogen-bond donors (Lipinski definition) is 2. The number of hydrogen-bond acceptors (Lipinski definition) is 5. The summed E-state index contributed by atoms with van der Waals surface area (Å²) < 4.78 is 12.2. The van der Waals surface area contributed by atoms with Crippen LogP contribution in [0.4, 0.5) is 0 Å². The zero-order chi connectivity index (χ0) is 17.0. The summed E-state index contributed by atoms with van der Waals surface area (Å²) >= 11 is 5.16. The summed E-state index contributed by atoms with van der Waals surface area (Å²) in [7, 11) is 3.04. The van der Waals surface area contributed by atoms with Crippen LogP contribution in [0.3, 0.4) is 0 Å². The molecule has 1 aromatic heterocycles. The smallest absolute Gasteiger partial charge is 0.305 e. The number of benzene rings is 1. The largest absolute Gasteiger partial charge is 0.497 e. The van der Waals surface area contributed by atoms with Crippen LogP contribution in [0.2, 0.25) is 0 Å². The van der Waals surface area contributed by atoms with E-state index in [2.05, 4.69) is 4.98 Å². The van der Waals surface area contributed by atoms with Gasteiger partial charge >= 0.3 is 5.97 Å². The molecule has 0 aliphatic heterocycles. The minimum Gasteiger partial charge on any atom is -0.497 e. The number of nitrogens with zero attached hydrogens (tertiary/aromatic N) is 1. The number of aromatic amines is 1. The Kier molecular flexibility index (Phi) is 5.17. The van der Waals surface area contributed by atoms with Gasteiger partial charge in [-0.3, -0.25) is 14.6 Å². The second kappa shape index (κ2) is 7.10. The van der Waals surface area contributed by atoms with Crippen molar-refractivity contribution < 1.29 is 19.4 Å². The topological polar surface area (TPSA) is 93.6 Å². The van der Waals surface area contributed by atoms with Gasteiger partial charge in [-0.15, -0.1) is 0 Å². The Bertz CT molecular complexity index is 840. The Balaban J connectivity index is 2.64.